The fourth-order valence-electron chi connectivity index (χ4n) is 3.82. The summed E-state index contributed by atoms with van der Waals surface area (Å²) in [6.07, 6.45) is 9.51. The first-order valence-corrected chi connectivity index (χ1v) is 15.5. The number of carbonyl (C=O) groups is 1. The summed E-state index contributed by atoms with van der Waals surface area (Å²) in [6.45, 7) is 2.20. The molecule has 0 aromatic heterocycles. The van der Waals surface area contributed by atoms with Crippen LogP contribution in [-0.4, -0.2) is 34.7 Å². The van der Waals surface area contributed by atoms with Gasteiger partial charge in [-0.3, -0.25) is 4.79 Å². The number of alkyl halides is 3. The molecule has 1 aromatic carbocycles. The van der Waals surface area contributed by atoms with E-state index >= 15 is 0 Å². The van der Waals surface area contributed by atoms with Gasteiger partial charge < -0.3 is 5.32 Å². The van der Waals surface area contributed by atoms with E-state index in [0.29, 0.717) is 24.6 Å². The molecule has 1 N–H and O–H groups in total. The van der Waals surface area contributed by atoms with E-state index in [-0.39, 0.29) is 6.42 Å². The van der Waals surface area contributed by atoms with Crippen LogP contribution in [0.15, 0.2) is 28.0 Å². The quantitative estimate of drug-likeness (QED) is 0.118. The largest absolute Gasteiger partial charge is 0.471 e. The zero-order valence-electron chi connectivity index (χ0n) is 20.7. The van der Waals surface area contributed by atoms with Gasteiger partial charge in [0.2, 0.25) is 0 Å². The summed E-state index contributed by atoms with van der Waals surface area (Å²) in [4.78, 5) is 9.54. The van der Waals surface area contributed by atoms with Crippen LogP contribution < -0.4 is 5.32 Å². The van der Waals surface area contributed by atoms with Crippen LogP contribution in [0.5, 0.6) is 0 Å². The number of unbranched alkanes of at least 4 members (excludes halogenated alkanes) is 13. The first-order chi connectivity index (χ1) is 16.8. The van der Waals surface area contributed by atoms with E-state index in [1.165, 1.54) is 56.7 Å². The van der Waals surface area contributed by atoms with Crippen molar-refractivity contribution in [2.75, 3.05) is 11.1 Å². The first kappa shape index (κ1) is 32.3. The van der Waals surface area contributed by atoms with Crippen LogP contribution in [0.25, 0.3) is 0 Å². The Morgan fingerprint density at radius 1 is 0.778 bits per heavy atom. The van der Waals surface area contributed by atoms with E-state index in [0.717, 1.165) is 25.7 Å². The summed E-state index contributed by atoms with van der Waals surface area (Å²) in [7, 11) is -9.49. The van der Waals surface area contributed by atoms with Gasteiger partial charge >= 0.3 is 22.3 Å². The summed E-state index contributed by atoms with van der Waals surface area (Å²) in [5.41, 5.74) is -0.929. The van der Waals surface area contributed by atoms with E-state index in [2.05, 4.69) is 6.92 Å². The lowest BCUT2D eigenvalue weighted by Crippen LogP contribution is -2.30. The molecule has 0 unspecified atom stereocenters. The van der Waals surface area contributed by atoms with E-state index < -0.39 is 53.4 Å². The minimum Gasteiger partial charge on any atom is -0.317 e. The molecule has 1 rings (SSSR count). The molecule has 12 heteroatoms. The zero-order valence-corrected chi connectivity index (χ0v) is 22.3. The molecule has 0 heterocycles. The molecule has 0 spiro atoms. The molecule has 36 heavy (non-hydrogen) atoms. The van der Waals surface area contributed by atoms with Crippen LogP contribution in [0.3, 0.4) is 0 Å². The average Bonchev–Trinajstić information content (AvgIpc) is 2.78. The van der Waals surface area contributed by atoms with Crippen LogP contribution in [-0.2, 0) is 24.9 Å². The Bertz CT molecular complexity index is 1030. The highest BCUT2D eigenvalue weighted by Gasteiger charge is 2.39. The second kappa shape index (κ2) is 15.5. The zero-order chi connectivity index (χ0) is 27.2. The number of anilines is 1. The van der Waals surface area contributed by atoms with E-state index in [1.807, 2.05) is 0 Å². The number of sulfone groups is 1. The Morgan fingerprint density at radius 2 is 1.22 bits per heavy atom. The molecule has 0 fully saturated rings. The Labute approximate surface area is 212 Å². The summed E-state index contributed by atoms with van der Waals surface area (Å²) >= 11 is 0. The topological polar surface area (TPSA) is 97.4 Å². The predicted molar refractivity (Wildman–Crippen MR) is 132 cm³/mol. The minimum atomic E-state index is -5.35. The third kappa shape index (κ3) is 12.5. The number of hydrogen-bond donors (Lipinski definition) is 1. The number of rotatable bonds is 18. The van der Waals surface area contributed by atoms with Crippen LogP contribution >= 0.6 is 0 Å². The molecule has 0 saturated heterocycles. The number of halogens is 4. The molecule has 208 valence electrons. The van der Waals surface area contributed by atoms with Crippen molar-refractivity contribution in [1.82, 2.24) is 0 Å². The van der Waals surface area contributed by atoms with Crippen molar-refractivity contribution in [2.24, 2.45) is 0 Å². The molecule has 0 aliphatic carbocycles. The highest BCUT2D eigenvalue weighted by atomic mass is 32.3. The number of hydrogen-bond acceptors (Lipinski definition) is 5. The molecule has 0 aliphatic rings. The number of benzene rings is 1. The van der Waals surface area contributed by atoms with Crippen molar-refractivity contribution in [1.29, 1.82) is 0 Å². The lowest BCUT2D eigenvalue weighted by molar-refractivity contribution is -0.167. The van der Waals surface area contributed by atoms with Gasteiger partial charge in [-0.05, 0) is 24.6 Å². The second-order valence-corrected chi connectivity index (χ2v) is 12.4. The number of nitrogens with one attached hydrogen (secondary N) is 1. The number of carbonyl (C=O) groups excluding carboxylic acids is 1. The monoisotopic (exact) mass is 559 g/mol. The molecule has 0 radical (unpaired) electrons. The van der Waals surface area contributed by atoms with Crippen LogP contribution in [0.4, 0.5) is 22.7 Å². The summed E-state index contributed by atoms with van der Waals surface area (Å²) in [5, 5.41) is 1.35. The van der Waals surface area contributed by atoms with Gasteiger partial charge in [-0.1, -0.05) is 90.4 Å². The predicted octanol–water partition coefficient (Wildman–Crippen LogP) is 7.10. The van der Waals surface area contributed by atoms with Crippen molar-refractivity contribution in [3.63, 3.8) is 0 Å². The summed E-state index contributed by atoms with van der Waals surface area (Å²) in [6, 6.07) is 1.70. The molecule has 1 aromatic rings. The highest BCUT2D eigenvalue weighted by Crippen LogP contribution is 2.29. The Kier molecular flexibility index (Phi) is 14.0. The fraction of sp³-hybridized carbons (Fsp3) is 0.708. The maximum absolute atomic E-state index is 13.3. The smallest absolute Gasteiger partial charge is 0.317 e. The molecule has 0 atom stereocenters. The summed E-state index contributed by atoms with van der Waals surface area (Å²) < 4.78 is 98.8. The SMILES string of the molecule is CCCCCCCCCCCCCCCCS(=O)(=O)c1ccc(S(=O)(=O)F)cc1NC(=O)C(F)(F)F. The van der Waals surface area contributed by atoms with E-state index in [9.17, 15) is 38.7 Å². The van der Waals surface area contributed by atoms with Crippen molar-refractivity contribution >= 4 is 31.7 Å². The van der Waals surface area contributed by atoms with Crippen molar-refractivity contribution in [2.45, 2.75) is 113 Å². The Morgan fingerprint density at radius 3 is 1.64 bits per heavy atom. The third-order valence-corrected chi connectivity index (χ3v) is 8.51. The molecule has 1 amide bonds. The van der Waals surface area contributed by atoms with Gasteiger partial charge in [-0.15, -0.1) is 3.89 Å². The van der Waals surface area contributed by atoms with Gasteiger partial charge in [0.15, 0.2) is 9.84 Å². The Hall–Kier alpha value is -1.69. The van der Waals surface area contributed by atoms with Gasteiger partial charge in [0.25, 0.3) is 0 Å². The van der Waals surface area contributed by atoms with E-state index in [1.54, 1.807) is 0 Å². The van der Waals surface area contributed by atoms with Gasteiger partial charge in [-0.25, -0.2) is 8.42 Å². The summed E-state index contributed by atoms with van der Waals surface area (Å²) in [5.74, 6) is -2.90. The normalized spacial score (nSPS) is 12.6. The maximum atomic E-state index is 13.3. The first-order valence-electron chi connectivity index (χ1n) is 12.5. The molecular formula is C24H37F4NO5S2. The average molecular weight is 560 g/mol. The van der Waals surface area contributed by atoms with Gasteiger partial charge in [0.1, 0.15) is 4.90 Å². The third-order valence-electron chi connectivity index (χ3n) is 5.84. The van der Waals surface area contributed by atoms with Gasteiger partial charge in [-0.2, -0.15) is 21.6 Å². The number of amides is 1. The molecule has 0 saturated carbocycles. The maximum Gasteiger partial charge on any atom is 0.471 e. The van der Waals surface area contributed by atoms with Gasteiger partial charge in [0, 0.05) is 0 Å². The lowest BCUT2D eigenvalue weighted by Gasteiger charge is -2.14. The van der Waals surface area contributed by atoms with Gasteiger partial charge in [0.05, 0.1) is 16.3 Å². The lowest BCUT2D eigenvalue weighted by atomic mass is 10.0. The fourth-order valence-corrected chi connectivity index (χ4v) is 5.83. The second-order valence-electron chi connectivity index (χ2n) is 8.96. The standard InChI is InChI=1S/C24H37F4NO5S2/c1-2-3-4-5-6-7-8-9-10-11-12-13-14-15-18-35(31,32)22-17-16-20(36(28,33)34)19-21(22)29-23(30)24(25,26)27/h16-17,19H,2-15,18H2,1H3,(H,29,30). The molecular weight excluding hydrogens is 522 g/mol. The highest BCUT2D eigenvalue weighted by molar-refractivity contribution is 7.91. The van der Waals surface area contributed by atoms with Crippen LogP contribution in [0.2, 0.25) is 0 Å². The molecule has 0 bridgehead atoms. The van der Waals surface area contributed by atoms with Crippen molar-refractivity contribution in [3.8, 4) is 0 Å². The minimum absolute atomic E-state index is 0.246. The van der Waals surface area contributed by atoms with Crippen molar-refractivity contribution < 1.29 is 38.7 Å². The molecule has 0 aliphatic heterocycles. The van der Waals surface area contributed by atoms with Crippen molar-refractivity contribution in [3.05, 3.63) is 18.2 Å². The van der Waals surface area contributed by atoms with Crippen LogP contribution in [0.1, 0.15) is 96.8 Å². The van der Waals surface area contributed by atoms with Crippen LogP contribution in [0, 0.1) is 0 Å². The molecule has 6 nitrogen and oxygen atoms in total. The Balaban J connectivity index is 2.51. The van der Waals surface area contributed by atoms with E-state index in [4.69, 9.17) is 0 Å².